The van der Waals surface area contributed by atoms with Crippen molar-refractivity contribution in [2.24, 2.45) is 0 Å². The Bertz CT molecular complexity index is 911. The smallest absolute Gasteiger partial charge is 0.407 e. The third-order valence-corrected chi connectivity index (χ3v) is 5.25. The molecule has 0 radical (unpaired) electrons. The first-order valence-electron chi connectivity index (χ1n) is 9.67. The highest BCUT2D eigenvalue weighted by Crippen LogP contribution is 2.36. The molecule has 0 bridgehead atoms. The molecule has 0 saturated carbocycles. The van der Waals surface area contributed by atoms with Gasteiger partial charge in [-0.1, -0.05) is 6.07 Å². The van der Waals surface area contributed by atoms with Crippen molar-refractivity contribution in [3.8, 4) is 0 Å². The fourth-order valence-electron chi connectivity index (χ4n) is 3.38. The number of alkyl carbamates (subject to hydrolysis) is 1. The summed E-state index contributed by atoms with van der Waals surface area (Å²) in [5.74, 6) is -0.633. The van der Waals surface area contributed by atoms with Crippen LogP contribution in [0.5, 0.6) is 0 Å². The summed E-state index contributed by atoms with van der Waals surface area (Å²) in [6.07, 6.45) is 1.22. The number of benzene rings is 1. The minimum Gasteiger partial charge on any atom is -0.444 e. The summed E-state index contributed by atoms with van der Waals surface area (Å²) in [5.41, 5.74) is 0.797. The topological polar surface area (TPSA) is 102 Å². The zero-order chi connectivity index (χ0) is 22.7. The van der Waals surface area contributed by atoms with E-state index in [-0.39, 0.29) is 30.6 Å². The highest BCUT2D eigenvalue weighted by atomic mass is 32.2. The standard InChI is InChI=1S/C20H29FN2O6S/c1-13-14(6-7-16(21)15(13)12-28-30(5,26)27)17-8-9-18(24)23(17)11-10-22-19(25)29-20(2,3)4/h6-7,17H,8-12H2,1-5H3,(H,22,25). The summed E-state index contributed by atoms with van der Waals surface area (Å²) in [5, 5.41) is 2.63. The van der Waals surface area contributed by atoms with Gasteiger partial charge in [0.15, 0.2) is 0 Å². The first-order valence-corrected chi connectivity index (χ1v) is 11.5. The summed E-state index contributed by atoms with van der Waals surface area (Å²) in [7, 11) is -3.72. The van der Waals surface area contributed by atoms with Gasteiger partial charge in [0.1, 0.15) is 11.4 Å². The number of amides is 2. The van der Waals surface area contributed by atoms with Crippen LogP contribution in [-0.4, -0.2) is 50.3 Å². The SMILES string of the molecule is Cc1c(C2CCC(=O)N2CCNC(=O)OC(C)(C)C)ccc(F)c1COS(C)(=O)=O. The van der Waals surface area contributed by atoms with E-state index in [4.69, 9.17) is 8.92 Å². The Hall–Kier alpha value is -2.20. The van der Waals surface area contributed by atoms with Crippen molar-refractivity contribution in [2.75, 3.05) is 19.3 Å². The molecule has 30 heavy (non-hydrogen) atoms. The van der Waals surface area contributed by atoms with Gasteiger partial charge in [-0.3, -0.25) is 8.98 Å². The maximum absolute atomic E-state index is 14.3. The minimum absolute atomic E-state index is 0.0661. The van der Waals surface area contributed by atoms with E-state index in [9.17, 15) is 22.4 Å². The molecule has 1 atom stereocenters. The highest BCUT2D eigenvalue weighted by Gasteiger charge is 2.33. The van der Waals surface area contributed by atoms with E-state index in [1.807, 2.05) is 0 Å². The summed E-state index contributed by atoms with van der Waals surface area (Å²) in [4.78, 5) is 25.8. The molecule has 1 heterocycles. The number of halogens is 1. The van der Waals surface area contributed by atoms with Crippen LogP contribution >= 0.6 is 0 Å². The minimum atomic E-state index is -3.72. The molecular formula is C20H29FN2O6S. The predicted molar refractivity (Wildman–Crippen MR) is 109 cm³/mol. The summed E-state index contributed by atoms with van der Waals surface area (Å²) in [6.45, 7) is 7.03. The molecule has 1 saturated heterocycles. The second kappa shape index (κ2) is 9.30. The first kappa shape index (κ1) is 24.1. The van der Waals surface area contributed by atoms with Crippen LogP contribution in [-0.2, 0) is 30.4 Å². The Morgan fingerprint density at radius 3 is 2.60 bits per heavy atom. The molecule has 1 N–H and O–H groups in total. The average Bonchev–Trinajstić information content (AvgIpc) is 2.93. The monoisotopic (exact) mass is 444 g/mol. The highest BCUT2D eigenvalue weighted by molar-refractivity contribution is 7.85. The van der Waals surface area contributed by atoms with Crippen molar-refractivity contribution < 1.29 is 31.3 Å². The third-order valence-electron chi connectivity index (χ3n) is 4.71. The number of nitrogens with one attached hydrogen (secondary N) is 1. The van der Waals surface area contributed by atoms with Crippen molar-refractivity contribution in [1.82, 2.24) is 10.2 Å². The Morgan fingerprint density at radius 1 is 1.33 bits per heavy atom. The molecule has 1 aliphatic rings. The molecule has 0 aliphatic carbocycles. The van der Waals surface area contributed by atoms with E-state index >= 15 is 0 Å². The molecule has 1 aromatic carbocycles. The molecule has 0 spiro atoms. The molecule has 0 aromatic heterocycles. The quantitative estimate of drug-likeness (QED) is 0.649. The number of carbonyl (C=O) groups is 2. The van der Waals surface area contributed by atoms with Crippen LogP contribution in [0.2, 0.25) is 0 Å². The molecule has 1 aromatic rings. The summed E-state index contributed by atoms with van der Waals surface area (Å²) < 4.78 is 46.8. The van der Waals surface area contributed by atoms with Crippen molar-refractivity contribution in [1.29, 1.82) is 0 Å². The van der Waals surface area contributed by atoms with Gasteiger partial charge >= 0.3 is 6.09 Å². The fraction of sp³-hybridized carbons (Fsp3) is 0.600. The van der Waals surface area contributed by atoms with Crippen molar-refractivity contribution in [3.63, 3.8) is 0 Å². The predicted octanol–water partition coefficient (Wildman–Crippen LogP) is 2.80. The third kappa shape index (κ3) is 6.66. The Balaban J connectivity index is 2.13. The van der Waals surface area contributed by atoms with E-state index in [1.54, 1.807) is 38.7 Å². The number of rotatable bonds is 7. The van der Waals surface area contributed by atoms with Crippen LogP contribution in [0.1, 0.15) is 56.3 Å². The van der Waals surface area contributed by atoms with E-state index < -0.39 is 34.2 Å². The molecule has 10 heteroatoms. The van der Waals surface area contributed by atoms with E-state index in [0.717, 1.165) is 11.8 Å². The number of carbonyl (C=O) groups excluding carboxylic acids is 2. The van der Waals surface area contributed by atoms with Gasteiger partial charge in [-0.15, -0.1) is 0 Å². The lowest BCUT2D eigenvalue weighted by Gasteiger charge is -2.28. The number of ether oxygens (including phenoxy) is 1. The van der Waals surface area contributed by atoms with Crippen molar-refractivity contribution in [2.45, 2.75) is 58.8 Å². The molecule has 168 valence electrons. The second-order valence-electron chi connectivity index (χ2n) is 8.28. The van der Waals surface area contributed by atoms with Gasteiger partial charge in [0.05, 0.1) is 18.9 Å². The van der Waals surface area contributed by atoms with Gasteiger partial charge in [-0.25, -0.2) is 9.18 Å². The van der Waals surface area contributed by atoms with Gasteiger partial charge in [-0.05, 0) is 51.3 Å². The number of likely N-dealkylation sites (tertiary alicyclic amines) is 1. The fourth-order valence-corrected chi connectivity index (χ4v) is 3.71. The second-order valence-corrected chi connectivity index (χ2v) is 9.92. The van der Waals surface area contributed by atoms with Crippen LogP contribution in [0.4, 0.5) is 9.18 Å². The van der Waals surface area contributed by atoms with Gasteiger partial charge in [0.25, 0.3) is 10.1 Å². The molecule has 2 amide bonds. The van der Waals surface area contributed by atoms with Gasteiger partial charge in [-0.2, -0.15) is 8.42 Å². The van der Waals surface area contributed by atoms with Crippen molar-refractivity contribution in [3.05, 3.63) is 34.6 Å². The van der Waals surface area contributed by atoms with Crippen LogP contribution in [0.15, 0.2) is 12.1 Å². The Labute approximate surface area is 176 Å². The summed E-state index contributed by atoms with van der Waals surface area (Å²) >= 11 is 0. The maximum atomic E-state index is 14.3. The zero-order valence-electron chi connectivity index (χ0n) is 18.0. The van der Waals surface area contributed by atoms with Crippen LogP contribution in [0, 0.1) is 12.7 Å². The molecule has 1 fully saturated rings. The molecule has 8 nitrogen and oxygen atoms in total. The Morgan fingerprint density at radius 2 is 2.00 bits per heavy atom. The number of hydrogen-bond donors (Lipinski definition) is 1. The number of nitrogens with zero attached hydrogens (tertiary/aromatic N) is 1. The molecule has 1 unspecified atom stereocenters. The summed E-state index contributed by atoms with van der Waals surface area (Å²) in [6, 6.07) is 2.56. The molecule has 1 aliphatic heterocycles. The van der Waals surface area contributed by atoms with Gasteiger partial charge in [0, 0.05) is 25.1 Å². The average molecular weight is 445 g/mol. The van der Waals surface area contributed by atoms with Gasteiger partial charge in [0.2, 0.25) is 5.91 Å². The van der Waals surface area contributed by atoms with Crippen LogP contribution in [0.25, 0.3) is 0 Å². The zero-order valence-corrected chi connectivity index (χ0v) is 18.8. The molecular weight excluding hydrogens is 415 g/mol. The number of hydrogen-bond acceptors (Lipinski definition) is 6. The first-order chi connectivity index (χ1) is 13.8. The lowest BCUT2D eigenvalue weighted by molar-refractivity contribution is -0.129. The van der Waals surface area contributed by atoms with Gasteiger partial charge < -0.3 is 15.0 Å². The lowest BCUT2D eigenvalue weighted by atomic mass is 9.95. The normalized spacial score (nSPS) is 17.3. The Kier molecular flexibility index (Phi) is 7.46. The van der Waals surface area contributed by atoms with E-state index in [1.165, 1.54) is 6.07 Å². The van der Waals surface area contributed by atoms with Crippen molar-refractivity contribution >= 4 is 22.1 Å². The molecule has 2 rings (SSSR count). The van der Waals surface area contributed by atoms with E-state index in [2.05, 4.69) is 5.32 Å². The van der Waals surface area contributed by atoms with E-state index in [0.29, 0.717) is 18.4 Å². The van der Waals surface area contributed by atoms with Crippen LogP contribution < -0.4 is 5.32 Å². The maximum Gasteiger partial charge on any atom is 0.407 e. The largest absolute Gasteiger partial charge is 0.444 e. The lowest BCUT2D eigenvalue weighted by Crippen LogP contribution is -2.39. The van der Waals surface area contributed by atoms with Crippen LogP contribution in [0.3, 0.4) is 0 Å².